The number of halogens is 1. The number of carbonyl (C=O) groups is 1. The fourth-order valence-corrected chi connectivity index (χ4v) is 2.93. The summed E-state index contributed by atoms with van der Waals surface area (Å²) in [5.41, 5.74) is 0.592. The van der Waals surface area contributed by atoms with E-state index in [0.29, 0.717) is 10.7 Å². The molecule has 0 saturated heterocycles. The Labute approximate surface area is 130 Å². The highest BCUT2D eigenvalue weighted by atomic mass is 35.5. The minimum atomic E-state index is -3.31. The molecule has 0 radical (unpaired) electrons. The number of aliphatic carboxylic acids is 1. The van der Waals surface area contributed by atoms with Gasteiger partial charge in [-0.2, -0.15) is 0 Å². The lowest BCUT2D eigenvalue weighted by Gasteiger charge is -2.25. The lowest BCUT2D eigenvalue weighted by atomic mass is 10.3. The topological polar surface area (TPSA) is 74.7 Å². The molecule has 0 aliphatic heterocycles. The lowest BCUT2D eigenvalue weighted by molar-refractivity contribution is -0.135. The van der Waals surface area contributed by atoms with Crippen LogP contribution in [0.4, 0.5) is 5.69 Å². The van der Waals surface area contributed by atoms with Crippen molar-refractivity contribution < 1.29 is 18.3 Å². The zero-order valence-electron chi connectivity index (χ0n) is 12.3. The second-order valence-corrected chi connectivity index (χ2v) is 9.03. The standard InChI is InChI=1S/C14H20ClNO4S/c1-14(2,3)21(19,20)8-7-16(10-13(17)18)12-6-4-5-11(15)9-12/h4-6,9H,7-8,10H2,1-3H3,(H,17,18). The van der Waals surface area contributed by atoms with Gasteiger partial charge in [-0.25, -0.2) is 8.42 Å². The summed E-state index contributed by atoms with van der Waals surface area (Å²) in [7, 11) is -3.31. The molecule has 0 fully saturated rings. The van der Waals surface area contributed by atoms with Gasteiger partial charge < -0.3 is 10.0 Å². The van der Waals surface area contributed by atoms with Gasteiger partial charge in [-0.15, -0.1) is 0 Å². The quantitative estimate of drug-likeness (QED) is 0.865. The Hall–Kier alpha value is -1.27. The van der Waals surface area contributed by atoms with Crippen LogP contribution in [0.1, 0.15) is 20.8 Å². The van der Waals surface area contributed by atoms with Crippen LogP contribution in [-0.4, -0.2) is 43.1 Å². The third-order valence-electron chi connectivity index (χ3n) is 3.06. The van der Waals surface area contributed by atoms with E-state index >= 15 is 0 Å². The normalized spacial score (nSPS) is 12.2. The summed E-state index contributed by atoms with van der Waals surface area (Å²) in [4.78, 5) is 12.5. The van der Waals surface area contributed by atoms with E-state index in [2.05, 4.69) is 0 Å². The maximum Gasteiger partial charge on any atom is 0.323 e. The molecule has 1 aromatic carbocycles. The molecule has 5 nitrogen and oxygen atoms in total. The molecule has 0 aliphatic carbocycles. The van der Waals surface area contributed by atoms with Gasteiger partial charge in [0.25, 0.3) is 0 Å². The minimum Gasteiger partial charge on any atom is -0.480 e. The van der Waals surface area contributed by atoms with Gasteiger partial charge in [0.2, 0.25) is 0 Å². The van der Waals surface area contributed by atoms with E-state index in [1.807, 2.05) is 0 Å². The van der Waals surface area contributed by atoms with Crippen molar-refractivity contribution in [1.82, 2.24) is 0 Å². The predicted molar refractivity (Wildman–Crippen MR) is 84.8 cm³/mol. The average Bonchev–Trinajstić information content (AvgIpc) is 2.32. The van der Waals surface area contributed by atoms with Crippen LogP contribution in [0.5, 0.6) is 0 Å². The fourth-order valence-electron chi connectivity index (χ4n) is 1.67. The highest BCUT2D eigenvalue weighted by Gasteiger charge is 2.29. The Kier molecular flexibility index (Phi) is 5.64. The number of benzene rings is 1. The molecule has 0 unspecified atom stereocenters. The smallest absolute Gasteiger partial charge is 0.323 e. The molecule has 0 spiro atoms. The molecule has 7 heteroatoms. The van der Waals surface area contributed by atoms with E-state index in [9.17, 15) is 13.2 Å². The van der Waals surface area contributed by atoms with Crippen LogP contribution in [0.2, 0.25) is 5.02 Å². The number of carboxylic acids is 1. The Morgan fingerprint density at radius 2 is 1.95 bits per heavy atom. The van der Waals surface area contributed by atoms with Gasteiger partial charge in [-0.05, 0) is 39.0 Å². The molecule has 1 rings (SSSR count). The average molecular weight is 334 g/mol. The molecule has 0 amide bonds. The number of carboxylic acid groups (broad SMARTS) is 1. The second-order valence-electron chi connectivity index (χ2n) is 5.73. The largest absolute Gasteiger partial charge is 0.480 e. The van der Waals surface area contributed by atoms with Crippen LogP contribution in [0, 0.1) is 0 Å². The third kappa shape index (κ3) is 5.21. The summed E-state index contributed by atoms with van der Waals surface area (Å²) in [6.45, 7) is 4.71. The molecule has 118 valence electrons. The number of nitrogens with zero attached hydrogens (tertiary/aromatic N) is 1. The fraction of sp³-hybridized carbons (Fsp3) is 0.500. The van der Waals surface area contributed by atoms with Crippen LogP contribution in [0.25, 0.3) is 0 Å². The third-order valence-corrected chi connectivity index (χ3v) is 5.88. The van der Waals surface area contributed by atoms with E-state index in [1.54, 1.807) is 45.0 Å². The van der Waals surface area contributed by atoms with Crippen molar-refractivity contribution in [3.63, 3.8) is 0 Å². The van der Waals surface area contributed by atoms with E-state index < -0.39 is 20.6 Å². The maximum atomic E-state index is 12.1. The van der Waals surface area contributed by atoms with E-state index in [1.165, 1.54) is 4.90 Å². The molecule has 1 N–H and O–H groups in total. The SMILES string of the molecule is CC(C)(C)S(=O)(=O)CCN(CC(=O)O)c1cccc(Cl)c1. The van der Waals surface area contributed by atoms with Crippen molar-refractivity contribution in [1.29, 1.82) is 0 Å². The summed E-state index contributed by atoms with van der Waals surface area (Å²) in [5, 5.41) is 9.45. The summed E-state index contributed by atoms with van der Waals surface area (Å²) < 4.78 is 23.4. The first-order valence-corrected chi connectivity index (χ1v) is 8.50. The first-order chi connectivity index (χ1) is 9.53. The van der Waals surface area contributed by atoms with Crippen molar-refractivity contribution in [2.75, 3.05) is 23.7 Å². The number of anilines is 1. The van der Waals surface area contributed by atoms with Crippen LogP contribution < -0.4 is 4.90 Å². The lowest BCUT2D eigenvalue weighted by Crippen LogP contribution is -2.38. The Morgan fingerprint density at radius 1 is 1.33 bits per heavy atom. The number of hydrogen-bond acceptors (Lipinski definition) is 4. The molecule has 0 saturated carbocycles. The van der Waals surface area contributed by atoms with Gasteiger partial charge in [0, 0.05) is 17.3 Å². The van der Waals surface area contributed by atoms with Crippen LogP contribution >= 0.6 is 11.6 Å². The molecule has 0 aliphatic rings. The molecule has 21 heavy (non-hydrogen) atoms. The van der Waals surface area contributed by atoms with Gasteiger partial charge in [0.15, 0.2) is 9.84 Å². The highest BCUT2D eigenvalue weighted by molar-refractivity contribution is 7.92. The van der Waals surface area contributed by atoms with E-state index in [0.717, 1.165) is 0 Å². The van der Waals surface area contributed by atoms with Gasteiger partial charge in [0.1, 0.15) is 6.54 Å². The van der Waals surface area contributed by atoms with Crippen molar-refractivity contribution in [3.8, 4) is 0 Å². The summed E-state index contributed by atoms with van der Waals surface area (Å²) >= 11 is 5.90. The number of sulfone groups is 1. The zero-order valence-corrected chi connectivity index (χ0v) is 13.9. The maximum absolute atomic E-state index is 12.1. The van der Waals surface area contributed by atoms with Gasteiger partial charge in [0.05, 0.1) is 10.5 Å². The molecular weight excluding hydrogens is 314 g/mol. The predicted octanol–water partition coefficient (Wildman–Crippen LogP) is 2.44. The summed E-state index contributed by atoms with van der Waals surface area (Å²) in [5.74, 6) is -1.14. The monoisotopic (exact) mass is 333 g/mol. The molecule has 0 bridgehead atoms. The summed E-state index contributed by atoms with van der Waals surface area (Å²) in [6.07, 6.45) is 0. The van der Waals surface area contributed by atoms with Gasteiger partial charge in [-0.3, -0.25) is 4.79 Å². The van der Waals surface area contributed by atoms with Crippen LogP contribution in [0.15, 0.2) is 24.3 Å². The van der Waals surface area contributed by atoms with E-state index in [4.69, 9.17) is 16.7 Å². The van der Waals surface area contributed by atoms with Crippen molar-refractivity contribution >= 4 is 33.1 Å². The highest BCUT2D eigenvalue weighted by Crippen LogP contribution is 2.21. The molecule has 0 aromatic heterocycles. The Balaban J connectivity index is 2.93. The number of hydrogen-bond donors (Lipinski definition) is 1. The Morgan fingerprint density at radius 3 is 2.43 bits per heavy atom. The van der Waals surface area contributed by atoms with Gasteiger partial charge >= 0.3 is 5.97 Å². The first-order valence-electron chi connectivity index (χ1n) is 6.47. The van der Waals surface area contributed by atoms with Crippen LogP contribution in [-0.2, 0) is 14.6 Å². The first kappa shape index (κ1) is 17.8. The van der Waals surface area contributed by atoms with Crippen LogP contribution in [0.3, 0.4) is 0 Å². The number of rotatable bonds is 6. The molecule has 1 aromatic rings. The summed E-state index contributed by atoms with van der Waals surface area (Å²) in [6, 6.07) is 6.70. The van der Waals surface area contributed by atoms with Crippen molar-refractivity contribution in [2.45, 2.75) is 25.5 Å². The molecule has 0 heterocycles. The second kappa shape index (κ2) is 6.66. The minimum absolute atomic E-state index is 0.103. The van der Waals surface area contributed by atoms with E-state index in [-0.39, 0.29) is 18.8 Å². The van der Waals surface area contributed by atoms with Crippen molar-refractivity contribution in [2.24, 2.45) is 0 Å². The Bertz CT molecular complexity index is 608. The molecular formula is C14H20ClNO4S. The zero-order chi connectivity index (χ0) is 16.3. The van der Waals surface area contributed by atoms with Gasteiger partial charge in [-0.1, -0.05) is 17.7 Å². The molecule has 0 atom stereocenters. The van der Waals surface area contributed by atoms with Crippen molar-refractivity contribution in [3.05, 3.63) is 29.3 Å².